The summed E-state index contributed by atoms with van der Waals surface area (Å²) < 4.78 is 37.7. The highest BCUT2D eigenvalue weighted by Crippen LogP contribution is 2.29. The summed E-state index contributed by atoms with van der Waals surface area (Å²) in [5, 5.41) is 3.14. The predicted octanol–water partition coefficient (Wildman–Crippen LogP) is 3.70. The maximum atomic E-state index is 12.6. The molecule has 0 radical (unpaired) electrons. The van der Waals surface area contributed by atoms with E-state index in [-0.39, 0.29) is 0 Å². The molecule has 0 unspecified atom stereocenters. The first-order valence-electron chi connectivity index (χ1n) is 6.23. The molecule has 20 heavy (non-hydrogen) atoms. The second-order valence-corrected chi connectivity index (χ2v) is 4.60. The molecule has 0 aliphatic heterocycles. The highest BCUT2D eigenvalue weighted by atomic mass is 19.4. The Morgan fingerprint density at radius 3 is 2.65 bits per heavy atom. The van der Waals surface area contributed by atoms with Crippen molar-refractivity contribution in [2.45, 2.75) is 26.2 Å². The van der Waals surface area contributed by atoms with Crippen LogP contribution >= 0.6 is 0 Å². The summed E-state index contributed by atoms with van der Waals surface area (Å²) >= 11 is 0. The zero-order valence-corrected chi connectivity index (χ0v) is 11.0. The number of hydrogen-bond acceptors (Lipinski definition) is 2. The Morgan fingerprint density at radius 1 is 1.15 bits per heavy atom. The van der Waals surface area contributed by atoms with Crippen molar-refractivity contribution in [2.75, 3.05) is 0 Å². The topological polar surface area (TPSA) is 24.9 Å². The molecule has 0 aliphatic carbocycles. The summed E-state index contributed by atoms with van der Waals surface area (Å²) in [6, 6.07) is 7.26. The van der Waals surface area contributed by atoms with Crippen LogP contribution in [-0.2, 0) is 19.3 Å². The summed E-state index contributed by atoms with van der Waals surface area (Å²) in [6.45, 7) is 2.95. The van der Waals surface area contributed by atoms with Crippen LogP contribution in [-0.4, -0.2) is 4.98 Å². The van der Waals surface area contributed by atoms with Crippen LogP contribution < -0.4 is 5.32 Å². The number of halogens is 3. The van der Waals surface area contributed by atoms with Crippen molar-refractivity contribution in [1.29, 1.82) is 0 Å². The second-order valence-electron chi connectivity index (χ2n) is 4.60. The molecule has 0 aliphatic rings. The summed E-state index contributed by atoms with van der Waals surface area (Å²) in [7, 11) is 0. The van der Waals surface area contributed by atoms with Gasteiger partial charge in [0.25, 0.3) is 0 Å². The minimum atomic E-state index is -4.29. The molecule has 0 bridgehead atoms. The monoisotopic (exact) mass is 280 g/mol. The molecular weight excluding hydrogens is 265 g/mol. The van der Waals surface area contributed by atoms with Crippen molar-refractivity contribution in [3.05, 3.63) is 65.0 Å². The summed E-state index contributed by atoms with van der Waals surface area (Å²) in [6.07, 6.45) is -0.826. The molecule has 0 saturated carbocycles. The third-order valence-corrected chi connectivity index (χ3v) is 3.04. The van der Waals surface area contributed by atoms with Gasteiger partial charge in [0.2, 0.25) is 0 Å². The van der Waals surface area contributed by atoms with Gasteiger partial charge in [0, 0.05) is 25.5 Å². The van der Waals surface area contributed by atoms with Crippen molar-refractivity contribution < 1.29 is 13.2 Å². The van der Waals surface area contributed by atoms with Gasteiger partial charge in [-0.25, -0.2) is 0 Å². The molecule has 0 saturated heterocycles. The number of nitrogens with one attached hydrogen (secondary N) is 1. The zero-order valence-electron chi connectivity index (χ0n) is 11.0. The molecule has 0 spiro atoms. The Hall–Kier alpha value is -1.88. The zero-order chi connectivity index (χ0) is 14.6. The van der Waals surface area contributed by atoms with Crippen LogP contribution in [0.4, 0.5) is 13.2 Å². The lowest BCUT2D eigenvalue weighted by molar-refractivity contribution is -0.137. The molecule has 1 N–H and O–H groups in total. The molecule has 0 amide bonds. The number of nitrogens with zero attached hydrogens (tertiary/aromatic N) is 1. The van der Waals surface area contributed by atoms with Gasteiger partial charge in [-0.3, -0.25) is 4.98 Å². The average molecular weight is 280 g/mol. The van der Waals surface area contributed by atoms with E-state index < -0.39 is 11.7 Å². The van der Waals surface area contributed by atoms with Crippen molar-refractivity contribution >= 4 is 0 Å². The fourth-order valence-corrected chi connectivity index (χ4v) is 1.90. The van der Waals surface area contributed by atoms with Crippen LogP contribution in [0.2, 0.25) is 0 Å². The van der Waals surface area contributed by atoms with E-state index in [9.17, 15) is 13.2 Å². The molecule has 106 valence electrons. The minimum Gasteiger partial charge on any atom is -0.309 e. The number of aryl methyl sites for hydroxylation is 1. The maximum Gasteiger partial charge on any atom is 0.416 e. The molecule has 1 aromatic carbocycles. The number of aromatic nitrogens is 1. The van der Waals surface area contributed by atoms with Crippen molar-refractivity contribution in [1.82, 2.24) is 10.3 Å². The Bertz CT molecular complexity index is 579. The first-order chi connectivity index (χ1) is 9.47. The molecule has 1 aromatic heterocycles. The Morgan fingerprint density at radius 2 is 1.95 bits per heavy atom. The smallest absolute Gasteiger partial charge is 0.309 e. The summed E-state index contributed by atoms with van der Waals surface area (Å²) in [4.78, 5) is 4.00. The number of pyridine rings is 1. The van der Waals surface area contributed by atoms with Gasteiger partial charge in [-0.05, 0) is 35.7 Å². The normalized spacial score (nSPS) is 11.6. The third-order valence-electron chi connectivity index (χ3n) is 3.04. The maximum absolute atomic E-state index is 12.6. The molecule has 5 heteroatoms. The van der Waals surface area contributed by atoms with Crippen LogP contribution in [0, 0.1) is 6.92 Å². The Balaban J connectivity index is 1.97. The van der Waals surface area contributed by atoms with Crippen LogP contribution in [0.3, 0.4) is 0 Å². The van der Waals surface area contributed by atoms with E-state index in [4.69, 9.17) is 0 Å². The molecule has 2 aromatic rings. The number of benzene rings is 1. The highest BCUT2D eigenvalue weighted by molar-refractivity contribution is 5.26. The van der Waals surface area contributed by atoms with Crippen LogP contribution in [0.15, 0.2) is 42.7 Å². The summed E-state index contributed by atoms with van der Waals surface area (Å²) in [5.41, 5.74) is 2.15. The van der Waals surface area contributed by atoms with Crippen LogP contribution in [0.1, 0.15) is 22.3 Å². The quantitative estimate of drug-likeness (QED) is 0.923. The molecular formula is C15H15F3N2. The lowest BCUT2D eigenvalue weighted by Crippen LogP contribution is -2.14. The number of alkyl halides is 3. The fourth-order valence-electron chi connectivity index (χ4n) is 1.90. The lowest BCUT2D eigenvalue weighted by Gasteiger charge is -2.10. The number of hydrogen-bond donors (Lipinski definition) is 1. The van der Waals surface area contributed by atoms with Gasteiger partial charge < -0.3 is 5.32 Å². The minimum absolute atomic E-state index is 0.395. The van der Waals surface area contributed by atoms with E-state index in [0.29, 0.717) is 18.7 Å². The first kappa shape index (κ1) is 14.5. The van der Waals surface area contributed by atoms with E-state index in [1.54, 1.807) is 18.5 Å². The van der Waals surface area contributed by atoms with Gasteiger partial charge >= 0.3 is 6.18 Å². The van der Waals surface area contributed by atoms with Crippen molar-refractivity contribution in [3.63, 3.8) is 0 Å². The number of rotatable bonds is 4. The van der Waals surface area contributed by atoms with E-state index in [2.05, 4.69) is 10.3 Å². The van der Waals surface area contributed by atoms with Gasteiger partial charge in [-0.15, -0.1) is 0 Å². The van der Waals surface area contributed by atoms with Crippen molar-refractivity contribution in [3.8, 4) is 0 Å². The third kappa shape index (κ3) is 3.81. The van der Waals surface area contributed by atoms with Gasteiger partial charge in [0.1, 0.15) is 0 Å². The Labute approximate surface area is 115 Å². The van der Waals surface area contributed by atoms with Gasteiger partial charge in [0.05, 0.1) is 5.56 Å². The largest absolute Gasteiger partial charge is 0.416 e. The molecule has 2 nitrogen and oxygen atoms in total. The summed E-state index contributed by atoms with van der Waals surface area (Å²) in [5.74, 6) is 0. The van der Waals surface area contributed by atoms with Gasteiger partial charge in [-0.2, -0.15) is 13.2 Å². The SMILES string of the molecule is Cc1cnccc1CNCc1cccc(C(F)(F)F)c1. The Kier molecular flexibility index (Phi) is 4.39. The molecule has 1 heterocycles. The predicted molar refractivity (Wildman–Crippen MR) is 71.0 cm³/mol. The fraction of sp³-hybridized carbons (Fsp3) is 0.267. The van der Waals surface area contributed by atoms with E-state index in [1.807, 2.05) is 13.0 Å². The molecule has 0 fully saturated rings. The van der Waals surface area contributed by atoms with Gasteiger partial charge in [-0.1, -0.05) is 18.2 Å². The molecule has 2 rings (SSSR count). The van der Waals surface area contributed by atoms with Crippen LogP contribution in [0.25, 0.3) is 0 Å². The highest BCUT2D eigenvalue weighted by Gasteiger charge is 2.30. The lowest BCUT2D eigenvalue weighted by atomic mass is 10.1. The standard InChI is InChI=1S/C15H15F3N2/c1-11-8-19-6-5-13(11)10-20-9-12-3-2-4-14(7-12)15(16,17)18/h2-8,20H,9-10H2,1H3. The van der Waals surface area contributed by atoms with Crippen molar-refractivity contribution in [2.24, 2.45) is 0 Å². The average Bonchev–Trinajstić information content (AvgIpc) is 2.40. The van der Waals surface area contributed by atoms with E-state index >= 15 is 0 Å². The van der Waals surface area contributed by atoms with E-state index in [1.165, 1.54) is 12.1 Å². The van der Waals surface area contributed by atoms with Crippen LogP contribution in [0.5, 0.6) is 0 Å². The second kappa shape index (κ2) is 6.05. The molecule has 0 atom stereocenters. The van der Waals surface area contributed by atoms with E-state index in [0.717, 1.165) is 17.2 Å². The first-order valence-corrected chi connectivity index (χ1v) is 6.23. The van der Waals surface area contributed by atoms with Gasteiger partial charge in [0.15, 0.2) is 0 Å².